The second kappa shape index (κ2) is 5.55. The zero-order valence-corrected chi connectivity index (χ0v) is 12.0. The number of nitrogens with zero attached hydrogens (tertiary/aromatic N) is 1. The molecule has 21 heavy (non-hydrogen) atoms. The van der Waals surface area contributed by atoms with Gasteiger partial charge in [-0.1, -0.05) is 36.8 Å². The van der Waals surface area contributed by atoms with E-state index in [9.17, 15) is 14.4 Å². The quantitative estimate of drug-likeness (QED) is 0.807. The molecule has 0 saturated carbocycles. The Labute approximate surface area is 122 Å². The zero-order chi connectivity index (χ0) is 15.6. The fourth-order valence-corrected chi connectivity index (χ4v) is 2.51. The van der Waals surface area contributed by atoms with E-state index in [-0.39, 0.29) is 18.9 Å². The summed E-state index contributed by atoms with van der Waals surface area (Å²) in [4.78, 5) is 36.3. The van der Waals surface area contributed by atoms with Gasteiger partial charge in [-0.3, -0.25) is 14.5 Å². The molecule has 1 saturated heterocycles. The fourth-order valence-electron chi connectivity index (χ4n) is 2.51. The second-order valence-electron chi connectivity index (χ2n) is 5.16. The molecular weight excluding hydrogens is 272 g/mol. The average Bonchev–Trinajstić information content (AvgIpc) is 2.69. The van der Waals surface area contributed by atoms with E-state index in [1.54, 1.807) is 0 Å². The van der Waals surface area contributed by atoms with Gasteiger partial charge >= 0.3 is 12.0 Å². The van der Waals surface area contributed by atoms with Crippen molar-refractivity contribution in [3.63, 3.8) is 0 Å². The molecule has 1 aromatic carbocycles. The molecule has 2 rings (SSSR count). The molecule has 1 fully saturated rings. The highest BCUT2D eigenvalue weighted by Crippen LogP contribution is 2.32. The number of imide groups is 1. The maximum Gasteiger partial charge on any atom is 0.325 e. The smallest absolute Gasteiger partial charge is 0.325 e. The highest BCUT2D eigenvalue weighted by molar-refractivity contribution is 6.07. The lowest BCUT2D eigenvalue weighted by Crippen LogP contribution is -2.43. The Kier molecular flexibility index (Phi) is 3.97. The van der Waals surface area contributed by atoms with Crippen LogP contribution in [0.5, 0.6) is 0 Å². The molecule has 1 unspecified atom stereocenters. The summed E-state index contributed by atoms with van der Waals surface area (Å²) in [7, 11) is 0. The van der Waals surface area contributed by atoms with Crippen LogP contribution in [0.1, 0.15) is 30.9 Å². The van der Waals surface area contributed by atoms with Crippen LogP contribution in [-0.4, -0.2) is 34.5 Å². The van der Waals surface area contributed by atoms with Gasteiger partial charge in [-0.15, -0.1) is 0 Å². The summed E-state index contributed by atoms with van der Waals surface area (Å²) < 4.78 is 0. The number of aryl methyl sites for hydroxylation is 1. The minimum atomic E-state index is -1.09. The van der Waals surface area contributed by atoms with E-state index < -0.39 is 17.5 Å². The Bertz CT molecular complexity index is 582. The average molecular weight is 290 g/mol. The molecule has 1 heterocycles. The molecule has 0 radical (unpaired) electrons. The summed E-state index contributed by atoms with van der Waals surface area (Å²) in [6.45, 7) is 3.64. The van der Waals surface area contributed by atoms with E-state index >= 15 is 0 Å². The standard InChI is InChI=1S/C15H18N2O4/c1-3-15(11-6-4-10(2)5-7-11)13(20)17(14(21)16-15)9-8-12(18)19/h4-7H,3,8-9H2,1-2H3,(H,16,21)(H,18,19). The molecule has 0 aromatic heterocycles. The Balaban J connectivity index is 2.32. The van der Waals surface area contributed by atoms with Crippen molar-refractivity contribution in [1.29, 1.82) is 0 Å². The van der Waals surface area contributed by atoms with Gasteiger partial charge in [-0.2, -0.15) is 0 Å². The number of hydrogen-bond donors (Lipinski definition) is 2. The number of hydrogen-bond acceptors (Lipinski definition) is 3. The Morgan fingerprint density at radius 2 is 1.90 bits per heavy atom. The minimum absolute atomic E-state index is 0.117. The van der Waals surface area contributed by atoms with Gasteiger partial charge in [-0.05, 0) is 18.9 Å². The summed E-state index contributed by atoms with van der Waals surface area (Å²) in [5, 5.41) is 11.4. The topological polar surface area (TPSA) is 86.7 Å². The molecule has 3 amide bonds. The van der Waals surface area contributed by atoms with Crippen molar-refractivity contribution in [2.24, 2.45) is 0 Å². The van der Waals surface area contributed by atoms with Gasteiger partial charge in [-0.25, -0.2) is 4.79 Å². The van der Waals surface area contributed by atoms with E-state index in [4.69, 9.17) is 5.11 Å². The molecule has 1 aliphatic heterocycles. The first-order valence-electron chi connectivity index (χ1n) is 6.84. The minimum Gasteiger partial charge on any atom is -0.481 e. The molecule has 1 aliphatic rings. The van der Waals surface area contributed by atoms with Crippen LogP contribution in [0, 0.1) is 6.92 Å². The number of carboxylic acid groups (broad SMARTS) is 1. The molecule has 0 spiro atoms. The number of benzene rings is 1. The fraction of sp³-hybridized carbons (Fsp3) is 0.400. The molecule has 6 nitrogen and oxygen atoms in total. The number of carboxylic acids is 1. The largest absolute Gasteiger partial charge is 0.481 e. The predicted molar refractivity (Wildman–Crippen MR) is 75.6 cm³/mol. The third kappa shape index (κ3) is 2.61. The van der Waals surface area contributed by atoms with Crippen LogP contribution in [0.3, 0.4) is 0 Å². The zero-order valence-electron chi connectivity index (χ0n) is 12.0. The van der Waals surface area contributed by atoms with E-state index in [0.29, 0.717) is 12.0 Å². The lowest BCUT2D eigenvalue weighted by atomic mass is 9.86. The normalized spacial score (nSPS) is 21.5. The lowest BCUT2D eigenvalue weighted by molar-refractivity contribution is -0.138. The van der Waals surface area contributed by atoms with Crippen LogP contribution in [-0.2, 0) is 15.1 Å². The number of carbonyl (C=O) groups is 3. The predicted octanol–water partition coefficient (Wildman–Crippen LogP) is 1.63. The number of nitrogens with one attached hydrogen (secondary N) is 1. The Morgan fingerprint density at radius 3 is 2.43 bits per heavy atom. The van der Waals surface area contributed by atoms with Crippen LogP contribution < -0.4 is 5.32 Å². The second-order valence-corrected chi connectivity index (χ2v) is 5.16. The van der Waals surface area contributed by atoms with E-state index in [1.165, 1.54) is 0 Å². The van der Waals surface area contributed by atoms with E-state index in [0.717, 1.165) is 10.5 Å². The summed E-state index contributed by atoms with van der Waals surface area (Å²) in [6, 6.07) is 6.86. The van der Waals surface area contributed by atoms with Crippen LogP contribution in [0.25, 0.3) is 0 Å². The highest BCUT2D eigenvalue weighted by atomic mass is 16.4. The molecule has 1 atom stereocenters. The van der Waals surface area contributed by atoms with Gasteiger partial charge in [0.15, 0.2) is 0 Å². The van der Waals surface area contributed by atoms with Crippen molar-refractivity contribution in [2.45, 2.75) is 32.2 Å². The number of aliphatic carboxylic acids is 1. The highest BCUT2D eigenvalue weighted by Gasteiger charge is 2.50. The number of urea groups is 1. The first kappa shape index (κ1) is 15.0. The molecule has 0 bridgehead atoms. The third-order valence-electron chi connectivity index (χ3n) is 3.80. The lowest BCUT2D eigenvalue weighted by Gasteiger charge is -2.25. The molecule has 1 aromatic rings. The summed E-state index contributed by atoms with van der Waals surface area (Å²) in [5.74, 6) is -1.43. The first-order valence-corrected chi connectivity index (χ1v) is 6.84. The summed E-state index contributed by atoms with van der Waals surface area (Å²) in [6.07, 6.45) is 0.150. The van der Waals surface area contributed by atoms with Gasteiger partial charge in [0.05, 0.1) is 6.42 Å². The van der Waals surface area contributed by atoms with Crippen LogP contribution >= 0.6 is 0 Å². The van der Waals surface area contributed by atoms with Crippen LogP contribution in [0.15, 0.2) is 24.3 Å². The van der Waals surface area contributed by atoms with Gasteiger partial charge in [0.2, 0.25) is 0 Å². The van der Waals surface area contributed by atoms with Crippen molar-refractivity contribution in [1.82, 2.24) is 10.2 Å². The van der Waals surface area contributed by atoms with Crippen molar-refractivity contribution >= 4 is 17.9 Å². The SMILES string of the molecule is CCC1(c2ccc(C)cc2)NC(=O)N(CCC(=O)O)C1=O. The summed E-state index contributed by atoms with van der Waals surface area (Å²) >= 11 is 0. The third-order valence-corrected chi connectivity index (χ3v) is 3.80. The van der Waals surface area contributed by atoms with Crippen LogP contribution in [0.2, 0.25) is 0 Å². The number of carbonyl (C=O) groups excluding carboxylic acids is 2. The molecule has 6 heteroatoms. The number of rotatable bonds is 5. The Morgan fingerprint density at radius 1 is 1.29 bits per heavy atom. The number of amides is 3. The van der Waals surface area contributed by atoms with Crippen molar-refractivity contribution < 1.29 is 19.5 Å². The van der Waals surface area contributed by atoms with Gasteiger partial charge in [0.1, 0.15) is 5.54 Å². The van der Waals surface area contributed by atoms with Gasteiger partial charge < -0.3 is 10.4 Å². The molecular formula is C15H18N2O4. The van der Waals surface area contributed by atoms with Gasteiger partial charge in [0, 0.05) is 6.54 Å². The van der Waals surface area contributed by atoms with E-state index in [2.05, 4.69) is 5.32 Å². The molecule has 2 N–H and O–H groups in total. The maximum atomic E-state index is 12.6. The monoisotopic (exact) mass is 290 g/mol. The van der Waals surface area contributed by atoms with Crippen molar-refractivity contribution in [2.75, 3.05) is 6.54 Å². The first-order chi connectivity index (χ1) is 9.90. The van der Waals surface area contributed by atoms with Gasteiger partial charge in [0.25, 0.3) is 5.91 Å². The molecule has 0 aliphatic carbocycles. The van der Waals surface area contributed by atoms with Crippen LogP contribution in [0.4, 0.5) is 4.79 Å². The molecule has 112 valence electrons. The van der Waals surface area contributed by atoms with Crippen molar-refractivity contribution in [3.05, 3.63) is 35.4 Å². The maximum absolute atomic E-state index is 12.6. The Hall–Kier alpha value is -2.37. The summed E-state index contributed by atoms with van der Waals surface area (Å²) in [5.41, 5.74) is 0.680. The van der Waals surface area contributed by atoms with Crippen molar-refractivity contribution in [3.8, 4) is 0 Å². The van der Waals surface area contributed by atoms with E-state index in [1.807, 2.05) is 38.1 Å².